The highest BCUT2D eigenvalue weighted by molar-refractivity contribution is 7.99. The SMILES string of the molecule is CCN(CC(C)(C)O)C(=O)CSCc1ccccn1. The van der Waals surface area contributed by atoms with Crippen LogP contribution in [0.4, 0.5) is 0 Å². The molecule has 5 heteroatoms. The molecule has 0 bridgehead atoms. The molecule has 0 aromatic carbocycles. The molecule has 0 saturated carbocycles. The summed E-state index contributed by atoms with van der Waals surface area (Å²) in [4.78, 5) is 17.9. The van der Waals surface area contributed by atoms with Gasteiger partial charge in [-0.1, -0.05) is 6.07 Å². The van der Waals surface area contributed by atoms with Crippen molar-refractivity contribution in [3.63, 3.8) is 0 Å². The topological polar surface area (TPSA) is 53.4 Å². The van der Waals surface area contributed by atoms with Crippen LogP contribution in [0.2, 0.25) is 0 Å². The third-order valence-electron chi connectivity index (χ3n) is 2.51. The molecule has 106 valence electrons. The Morgan fingerprint density at radius 3 is 2.74 bits per heavy atom. The quantitative estimate of drug-likeness (QED) is 0.830. The maximum absolute atomic E-state index is 12.0. The van der Waals surface area contributed by atoms with Crippen molar-refractivity contribution in [1.82, 2.24) is 9.88 Å². The van der Waals surface area contributed by atoms with Gasteiger partial charge in [0.2, 0.25) is 5.91 Å². The maximum Gasteiger partial charge on any atom is 0.232 e. The van der Waals surface area contributed by atoms with E-state index in [-0.39, 0.29) is 5.91 Å². The lowest BCUT2D eigenvalue weighted by molar-refractivity contribution is -0.131. The van der Waals surface area contributed by atoms with Gasteiger partial charge in [-0.05, 0) is 32.9 Å². The molecule has 1 rings (SSSR count). The minimum Gasteiger partial charge on any atom is -0.389 e. The van der Waals surface area contributed by atoms with Crippen LogP contribution >= 0.6 is 11.8 Å². The number of hydrogen-bond donors (Lipinski definition) is 1. The number of carbonyl (C=O) groups is 1. The Bertz CT molecular complexity index is 390. The number of aliphatic hydroxyl groups is 1. The van der Waals surface area contributed by atoms with Crippen molar-refractivity contribution in [1.29, 1.82) is 0 Å². The monoisotopic (exact) mass is 282 g/mol. The Hall–Kier alpha value is -1.07. The molecule has 1 aromatic rings. The van der Waals surface area contributed by atoms with Crippen LogP contribution in [0.25, 0.3) is 0 Å². The first-order valence-electron chi connectivity index (χ1n) is 6.40. The van der Waals surface area contributed by atoms with Gasteiger partial charge in [-0.25, -0.2) is 0 Å². The number of hydrogen-bond acceptors (Lipinski definition) is 4. The van der Waals surface area contributed by atoms with Crippen LogP contribution in [-0.2, 0) is 10.5 Å². The highest BCUT2D eigenvalue weighted by Crippen LogP contribution is 2.12. The smallest absolute Gasteiger partial charge is 0.232 e. The zero-order valence-electron chi connectivity index (χ0n) is 11.8. The average molecular weight is 282 g/mol. The zero-order chi connectivity index (χ0) is 14.3. The molecule has 0 saturated heterocycles. The number of amides is 1. The summed E-state index contributed by atoms with van der Waals surface area (Å²) in [6.45, 7) is 6.33. The van der Waals surface area contributed by atoms with Crippen molar-refractivity contribution in [2.24, 2.45) is 0 Å². The van der Waals surface area contributed by atoms with Crippen molar-refractivity contribution in [3.8, 4) is 0 Å². The van der Waals surface area contributed by atoms with Crippen LogP contribution in [-0.4, -0.2) is 45.3 Å². The minimum absolute atomic E-state index is 0.0607. The summed E-state index contributed by atoms with van der Waals surface area (Å²) < 4.78 is 0. The predicted octanol–water partition coefficient (Wildman–Crippen LogP) is 1.93. The molecule has 0 atom stereocenters. The number of likely N-dealkylation sites (N-methyl/N-ethyl adjacent to an activating group) is 1. The molecule has 4 nitrogen and oxygen atoms in total. The lowest BCUT2D eigenvalue weighted by Gasteiger charge is -2.28. The van der Waals surface area contributed by atoms with Crippen molar-refractivity contribution in [2.75, 3.05) is 18.8 Å². The first-order valence-corrected chi connectivity index (χ1v) is 7.55. The fourth-order valence-corrected chi connectivity index (χ4v) is 2.50. The summed E-state index contributed by atoms with van der Waals surface area (Å²) in [5.41, 5.74) is 0.128. The molecular weight excluding hydrogens is 260 g/mol. The lowest BCUT2D eigenvalue weighted by Crippen LogP contribution is -2.42. The minimum atomic E-state index is -0.850. The summed E-state index contributed by atoms with van der Waals surface area (Å²) >= 11 is 1.55. The molecule has 0 spiro atoms. The normalized spacial score (nSPS) is 11.4. The fourth-order valence-electron chi connectivity index (χ4n) is 1.66. The van der Waals surface area contributed by atoms with Crippen LogP contribution < -0.4 is 0 Å². The van der Waals surface area contributed by atoms with Gasteiger partial charge in [0.25, 0.3) is 0 Å². The number of rotatable bonds is 7. The van der Waals surface area contributed by atoms with Crippen LogP contribution in [0, 0.1) is 0 Å². The van der Waals surface area contributed by atoms with Gasteiger partial charge in [0.15, 0.2) is 0 Å². The molecular formula is C14H22N2O2S. The number of thioether (sulfide) groups is 1. The van der Waals surface area contributed by atoms with E-state index in [1.807, 2.05) is 25.1 Å². The van der Waals surface area contributed by atoms with E-state index in [4.69, 9.17) is 0 Å². The van der Waals surface area contributed by atoms with Crippen LogP contribution in [0.5, 0.6) is 0 Å². The van der Waals surface area contributed by atoms with Gasteiger partial charge < -0.3 is 10.0 Å². The highest BCUT2D eigenvalue weighted by Gasteiger charge is 2.20. The Balaban J connectivity index is 2.37. The molecule has 0 aliphatic carbocycles. The van der Waals surface area contributed by atoms with Crippen molar-refractivity contribution >= 4 is 17.7 Å². The molecule has 1 aromatic heterocycles. The first kappa shape index (κ1) is 16.0. The summed E-state index contributed by atoms with van der Waals surface area (Å²) in [5.74, 6) is 1.21. The third kappa shape index (κ3) is 6.59. The molecule has 0 aliphatic heterocycles. The first-order chi connectivity index (χ1) is 8.92. The molecule has 0 aliphatic rings. The van der Waals surface area contributed by atoms with Gasteiger partial charge >= 0.3 is 0 Å². The van der Waals surface area contributed by atoms with Crippen molar-refractivity contribution in [3.05, 3.63) is 30.1 Å². The number of pyridine rings is 1. The largest absolute Gasteiger partial charge is 0.389 e. The molecule has 1 amide bonds. The van der Waals surface area contributed by atoms with Crippen LogP contribution in [0.3, 0.4) is 0 Å². The summed E-state index contributed by atoms with van der Waals surface area (Å²) in [7, 11) is 0. The number of nitrogens with zero attached hydrogens (tertiary/aromatic N) is 2. The Morgan fingerprint density at radius 2 is 2.21 bits per heavy atom. The number of aromatic nitrogens is 1. The summed E-state index contributed by atoms with van der Waals surface area (Å²) in [5, 5.41) is 9.76. The molecule has 19 heavy (non-hydrogen) atoms. The van der Waals surface area contributed by atoms with E-state index >= 15 is 0 Å². The number of carbonyl (C=O) groups excluding carboxylic acids is 1. The molecule has 0 unspecified atom stereocenters. The fraction of sp³-hybridized carbons (Fsp3) is 0.571. The highest BCUT2D eigenvalue weighted by atomic mass is 32.2. The second-order valence-electron chi connectivity index (χ2n) is 5.03. The van der Waals surface area contributed by atoms with Crippen molar-refractivity contribution in [2.45, 2.75) is 32.1 Å². The zero-order valence-corrected chi connectivity index (χ0v) is 12.6. The Labute approximate surface area is 119 Å². The van der Waals surface area contributed by atoms with E-state index in [2.05, 4.69) is 4.98 Å². The summed E-state index contributed by atoms with van der Waals surface area (Å²) in [6.07, 6.45) is 1.75. The maximum atomic E-state index is 12.0. The predicted molar refractivity (Wildman–Crippen MR) is 79.0 cm³/mol. The summed E-state index contributed by atoms with van der Waals surface area (Å²) in [6, 6.07) is 5.77. The van der Waals surface area contributed by atoms with E-state index in [0.29, 0.717) is 18.8 Å². The van der Waals surface area contributed by atoms with Crippen LogP contribution in [0.15, 0.2) is 24.4 Å². The van der Waals surface area contributed by atoms with E-state index < -0.39 is 5.60 Å². The van der Waals surface area contributed by atoms with E-state index in [1.54, 1.807) is 36.7 Å². The van der Waals surface area contributed by atoms with Gasteiger partial charge in [0.05, 0.1) is 17.0 Å². The van der Waals surface area contributed by atoms with E-state index in [9.17, 15) is 9.90 Å². The van der Waals surface area contributed by atoms with E-state index in [1.165, 1.54) is 0 Å². The second-order valence-corrected chi connectivity index (χ2v) is 6.02. The molecule has 0 radical (unpaired) electrons. The Kier molecular flexibility index (Phi) is 6.31. The average Bonchev–Trinajstić information content (AvgIpc) is 2.36. The molecule has 1 N–H and O–H groups in total. The second kappa shape index (κ2) is 7.50. The Morgan fingerprint density at radius 1 is 1.47 bits per heavy atom. The van der Waals surface area contributed by atoms with Crippen molar-refractivity contribution < 1.29 is 9.90 Å². The van der Waals surface area contributed by atoms with Gasteiger partial charge in [0.1, 0.15) is 0 Å². The van der Waals surface area contributed by atoms with E-state index in [0.717, 1.165) is 11.4 Å². The third-order valence-corrected chi connectivity index (χ3v) is 3.46. The van der Waals surface area contributed by atoms with Gasteiger partial charge in [-0.15, -0.1) is 11.8 Å². The standard InChI is InChI=1S/C14H22N2O2S/c1-4-16(11-14(2,3)18)13(17)10-19-9-12-7-5-6-8-15-12/h5-8,18H,4,9-11H2,1-3H3. The molecule has 0 fully saturated rings. The van der Waals surface area contributed by atoms with Crippen LogP contribution in [0.1, 0.15) is 26.5 Å². The van der Waals surface area contributed by atoms with Gasteiger partial charge in [-0.2, -0.15) is 0 Å². The lowest BCUT2D eigenvalue weighted by atomic mass is 10.1. The van der Waals surface area contributed by atoms with Gasteiger partial charge in [-0.3, -0.25) is 9.78 Å². The van der Waals surface area contributed by atoms with Gasteiger partial charge in [0, 0.05) is 25.0 Å². The molecule has 1 heterocycles.